The number of halogens is 1. The van der Waals surface area contributed by atoms with E-state index in [9.17, 15) is 4.39 Å². The summed E-state index contributed by atoms with van der Waals surface area (Å²) in [7, 11) is 0. The number of aryl methyl sites for hydroxylation is 3. The predicted molar refractivity (Wildman–Crippen MR) is 103 cm³/mol. The van der Waals surface area contributed by atoms with Gasteiger partial charge in [-0.25, -0.2) is 4.39 Å². The number of anilines is 2. The van der Waals surface area contributed by atoms with Crippen molar-refractivity contribution in [2.45, 2.75) is 65.1 Å². The summed E-state index contributed by atoms with van der Waals surface area (Å²) in [6, 6.07) is 6.92. The topological polar surface area (TPSA) is 76.7 Å². The molecule has 0 saturated heterocycles. The first-order chi connectivity index (χ1) is 12.2. The molecule has 0 unspecified atom stereocenters. The van der Waals surface area contributed by atoms with Crippen LogP contribution in [0.1, 0.15) is 55.6 Å². The fourth-order valence-electron chi connectivity index (χ4n) is 3.35. The van der Waals surface area contributed by atoms with E-state index in [1.807, 2.05) is 0 Å². The lowest BCUT2D eigenvalue weighted by atomic mass is 9.99. The van der Waals surface area contributed by atoms with E-state index in [4.69, 9.17) is 5.73 Å². The first-order valence-electron chi connectivity index (χ1n) is 9.25. The predicted octanol–water partition coefficient (Wildman–Crippen LogP) is 4.10. The number of rotatable bonds is 7. The number of nitrogens with zero attached hydrogens (tertiary/aromatic N) is 3. The molecule has 0 aliphatic heterocycles. The molecule has 1 atom stereocenters. The van der Waals surface area contributed by atoms with Gasteiger partial charge in [-0.05, 0) is 64.9 Å². The standard InChI is InChI=1S/C20H28FN5/c1-12-9-13(2)11-14(10-12)5-8-16(15-6-7-15)23-19-25-17(20(3,4)21)24-18(22)26-19/h9-11,15-16H,5-8H2,1-4H3,(H3,22,23,24,25,26)/t16-/m1/s1. The maximum Gasteiger partial charge on any atom is 0.228 e. The van der Waals surface area contributed by atoms with Crippen LogP contribution in [0.25, 0.3) is 0 Å². The van der Waals surface area contributed by atoms with Gasteiger partial charge >= 0.3 is 0 Å². The fourth-order valence-corrected chi connectivity index (χ4v) is 3.35. The van der Waals surface area contributed by atoms with Crippen LogP contribution in [0.5, 0.6) is 0 Å². The molecule has 3 N–H and O–H groups in total. The van der Waals surface area contributed by atoms with Crippen LogP contribution in [0, 0.1) is 19.8 Å². The molecule has 5 nitrogen and oxygen atoms in total. The van der Waals surface area contributed by atoms with Gasteiger partial charge in [0.25, 0.3) is 0 Å². The lowest BCUT2D eigenvalue weighted by molar-refractivity contribution is 0.206. The third-order valence-corrected chi connectivity index (χ3v) is 4.72. The highest BCUT2D eigenvalue weighted by atomic mass is 19.1. The van der Waals surface area contributed by atoms with Crippen molar-refractivity contribution in [1.82, 2.24) is 15.0 Å². The Kier molecular flexibility index (Phi) is 5.12. The molecule has 0 amide bonds. The van der Waals surface area contributed by atoms with E-state index < -0.39 is 5.67 Å². The summed E-state index contributed by atoms with van der Waals surface area (Å²) in [5, 5.41) is 3.38. The zero-order valence-corrected chi connectivity index (χ0v) is 16.0. The summed E-state index contributed by atoms with van der Waals surface area (Å²) in [6.45, 7) is 7.09. The summed E-state index contributed by atoms with van der Waals surface area (Å²) < 4.78 is 14.2. The molecule has 1 aliphatic rings. The molecule has 140 valence electrons. The van der Waals surface area contributed by atoms with Crippen molar-refractivity contribution in [1.29, 1.82) is 0 Å². The van der Waals surface area contributed by atoms with Gasteiger partial charge in [0.2, 0.25) is 11.9 Å². The van der Waals surface area contributed by atoms with Crippen molar-refractivity contribution < 1.29 is 4.39 Å². The van der Waals surface area contributed by atoms with Crippen LogP contribution in [0.3, 0.4) is 0 Å². The highest BCUT2D eigenvalue weighted by Crippen LogP contribution is 2.36. The summed E-state index contributed by atoms with van der Waals surface area (Å²) >= 11 is 0. The maximum absolute atomic E-state index is 14.2. The van der Waals surface area contributed by atoms with Gasteiger partial charge < -0.3 is 11.1 Å². The van der Waals surface area contributed by atoms with Crippen molar-refractivity contribution >= 4 is 11.9 Å². The first kappa shape index (κ1) is 18.5. The Bertz CT molecular complexity index is 760. The molecule has 1 aromatic heterocycles. The van der Waals surface area contributed by atoms with Gasteiger partial charge in [-0.2, -0.15) is 15.0 Å². The van der Waals surface area contributed by atoms with E-state index in [2.05, 4.69) is 52.3 Å². The van der Waals surface area contributed by atoms with Crippen molar-refractivity contribution in [3.8, 4) is 0 Å². The second-order valence-electron chi connectivity index (χ2n) is 7.94. The Balaban J connectivity index is 1.72. The van der Waals surface area contributed by atoms with Crippen LogP contribution >= 0.6 is 0 Å². The lowest BCUT2D eigenvalue weighted by Gasteiger charge is -2.20. The molecule has 3 rings (SSSR count). The molecule has 0 bridgehead atoms. The van der Waals surface area contributed by atoms with Crippen LogP contribution in [0.4, 0.5) is 16.3 Å². The Morgan fingerprint density at radius 3 is 2.38 bits per heavy atom. The van der Waals surface area contributed by atoms with Gasteiger partial charge in [-0.3, -0.25) is 0 Å². The zero-order chi connectivity index (χ0) is 18.9. The zero-order valence-electron chi connectivity index (χ0n) is 16.0. The average Bonchev–Trinajstić information content (AvgIpc) is 3.34. The van der Waals surface area contributed by atoms with Crippen molar-refractivity contribution in [2.75, 3.05) is 11.1 Å². The Hall–Kier alpha value is -2.24. The van der Waals surface area contributed by atoms with Gasteiger partial charge in [0.05, 0.1) is 0 Å². The minimum Gasteiger partial charge on any atom is -0.368 e. The number of alkyl halides is 1. The quantitative estimate of drug-likeness (QED) is 0.780. The van der Waals surface area contributed by atoms with E-state index >= 15 is 0 Å². The smallest absolute Gasteiger partial charge is 0.228 e. The minimum absolute atomic E-state index is 0.0482. The molecule has 1 saturated carbocycles. The molecular formula is C20H28FN5. The van der Waals surface area contributed by atoms with Crippen molar-refractivity contribution in [2.24, 2.45) is 5.92 Å². The maximum atomic E-state index is 14.2. The third-order valence-electron chi connectivity index (χ3n) is 4.72. The number of hydrogen-bond donors (Lipinski definition) is 2. The van der Waals surface area contributed by atoms with Crippen molar-refractivity contribution in [3.63, 3.8) is 0 Å². The fraction of sp³-hybridized carbons (Fsp3) is 0.550. The van der Waals surface area contributed by atoms with Gasteiger partial charge in [-0.1, -0.05) is 29.3 Å². The number of aromatic nitrogens is 3. The number of nitrogens with two attached hydrogens (primary N) is 1. The second-order valence-corrected chi connectivity index (χ2v) is 7.94. The van der Waals surface area contributed by atoms with E-state index in [-0.39, 0.29) is 17.8 Å². The summed E-state index contributed by atoms with van der Waals surface area (Å²) in [4.78, 5) is 12.3. The highest BCUT2D eigenvalue weighted by Gasteiger charge is 2.32. The molecule has 1 aromatic carbocycles. The third kappa shape index (κ3) is 4.90. The molecule has 6 heteroatoms. The summed E-state index contributed by atoms with van der Waals surface area (Å²) in [6.07, 6.45) is 4.37. The van der Waals surface area contributed by atoms with Gasteiger partial charge in [0.1, 0.15) is 0 Å². The van der Waals surface area contributed by atoms with Gasteiger partial charge in [0.15, 0.2) is 11.5 Å². The molecular weight excluding hydrogens is 329 g/mol. The van der Waals surface area contributed by atoms with Crippen LogP contribution in [0.15, 0.2) is 18.2 Å². The lowest BCUT2D eigenvalue weighted by Crippen LogP contribution is -2.26. The molecule has 1 aliphatic carbocycles. The van der Waals surface area contributed by atoms with Crippen LogP contribution < -0.4 is 11.1 Å². The van der Waals surface area contributed by atoms with E-state index in [1.165, 1.54) is 43.4 Å². The van der Waals surface area contributed by atoms with Crippen LogP contribution in [-0.4, -0.2) is 21.0 Å². The molecule has 2 aromatic rings. The molecule has 1 fully saturated rings. The monoisotopic (exact) mass is 357 g/mol. The SMILES string of the molecule is Cc1cc(C)cc(CC[C@@H](Nc2nc(N)nc(C(C)(C)F)n2)C2CC2)c1. The number of hydrogen-bond acceptors (Lipinski definition) is 5. The summed E-state index contributed by atoms with van der Waals surface area (Å²) in [5.74, 6) is 1.10. The summed E-state index contributed by atoms with van der Waals surface area (Å²) in [5.41, 5.74) is 8.02. The Morgan fingerprint density at radius 2 is 1.81 bits per heavy atom. The molecule has 0 spiro atoms. The molecule has 0 radical (unpaired) electrons. The second kappa shape index (κ2) is 7.17. The number of nitrogen functional groups attached to an aromatic ring is 1. The Labute approximate surface area is 154 Å². The largest absolute Gasteiger partial charge is 0.368 e. The van der Waals surface area contributed by atoms with E-state index in [0.717, 1.165) is 12.8 Å². The normalized spacial score (nSPS) is 15.7. The van der Waals surface area contributed by atoms with Gasteiger partial charge in [0, 0.05) is 6.04 Å². The van der Waals surface area contributed by atoms with E-state index in [0.29, 0.717) is 11.9 Å². The van der Waals surface area contributed by atoms with Crippen molar-refractivity contribution in [3.05, 3.63) is 40.7 Å². The van der Waals surface area contributed by atoms with Gasteiger partial charge in [-0.15, -0.1) is 0 Å². The first-order valence-corrected chi connectivity index (χ1v) is 9.25. The Morgan fingerprint density at radius 1 is 1.15 bits per heavy atom. The van der Waals surface area contributed by atoms with E-state index in [1.54, 1.807) is 0 Å². The van der Waals surface area contributed by atoms with Crippen LogP contribution in [-0.2, 0) is 12.1 Å². The number of benzene rings is 1. The highest BCUT2D eigenvalue weighted by molar-refractivity contribution is 5.34. The van der Waals surface area contributed by atoms with Crippen LogP contribution in [0.2, 0.25) is 0 Å². The molecule has 1 heterocycles. The number of nitrogens with one attached hydrogen (secondary N) is 1. The minimum atomic E-state index is -1.65. The molecule has 26 heavy (non-hydrogen) atoms. The average molecular weight is 357 g/mol.